The molecular weight excluding hydrogens is 476 g/mol. The van der Waals surface area contributed by atoms with Crippen LogP contribution in [0.1, 0.15) is 36.4 Å². The zero-order chi connectivity index (χ0) is 24.8. The number of anilines is 1. The second-order valence-electron chi connectivity index (χ2n) is 10.7. The largest absolute Gasteiger partial charge is 0.392 e. The number of hydrogen-bond acceptors (Lipinski definition) is 5. The van der Waals surface area contributed by atoms with Crippen LogP contribution in [0.3, 0.4) is 0 Å². The Morgan fingerprint density at radius 2 is 1.89 bits per heavy atom. The summed E-state index contributed by atoms with van der Waals surface area (Å²) in [5.41, 5.74) is 4.78. The van der Waals surface area contributed by atoms with Crippen molar-refractivity contribution < 1.29 is 18.3 Å². The number of aliphatic hydroxyl groups excluding tert-OH is 1. The van der Waals surface area contributed by atoms with Gasteiger partial charge in [-0.05, 0) is 54.0 Å². The van der Waals surface area contributed by atoms with Gasteiger partial charge in [-0.25, -0.2) is 13.4 Å². The van der Waals surface area contributed by atoms with Crippen LogP contribution in [-0.2, 0) is 21.2 Å². The molecule has 1 saturated carbocycles. The molecule has 2 fully saturated rings. The number of fused-ring (bicyclic) bond motifs is 4. The molecule has 3 unspecified atom stereocenters. The first-order valence-electron chi connectivity index (χ1n) is 12.5. The number of likely N-dealkylation sites (N-methyl/N-ethyl adjacent to an activating group) is 1. The van der Waals surface area contributed by atoms with Crippen molar-refractivity contribution in [3.05, 3.63) is 66.1 Å². The Hall–Kier alpha value is -3.01. The molecule has 1 saturated heterocycles. The van der Waals surface area contributed by atoms with Crippen LogP contribution in [0.25, 0.3) is 11.3 Å². The van der Waals surface area contributed by atoms with Crippen molar-refractivity contribution in [3.63, 3.8) is 0 Å². The van der Waals surface area contributed by atoms with Crippen LogP contribution in [0.5, 0.6) is 0 Å². The lowest BCUT2D eigenvalue weighted by atomic mass is 9.53. The van der Waals surface area contributed by atoms with E-state index >= 15 is 0 Å². The summed E-state index contributed by atoms with van der Waals surface area (Å²) in [5.74, 6) is 0.0525. The predicted octanol–water partition coefficient (Wildman–Crippen LogP) is 2.82. The van der Waals surface area contributed by atoms with Gasteiger partial charge in [0.25, 0.3) is 0 Å². The van der Waals surface area contributed by atoms with Crippen molar-refractivity contribution in [2.24, 2.45) is 11.3 Å². The van der Waals surface area contributed by atoms with Crippen LogP contribution in [0.15, 0.2) is 59.9 Å². The third-order valence-corrected chi connectivity index (χ3v) is 11.0. The number of aromatic nitrogens is 2. The minimum atomic E-state index is -3.66. The number of imidazole rings is 1. The standard InChI is InChI=1S/C27H28N4O4S/c1-29-22-7-6-18(12-17(22)13-24(29)32)36(34,35)30-10-8-27(9-11-30)14-21(26(27)33)25-20-5-3-2-4-19(20)23-15-28-16-31(23)25/h2-7,12,15-16,21,25-26,33H,8-11,13-14H2,1H3. The highest BCUT2D eigenvalue weighted by Gasteiger charge is 2.58. The molecule has 36 heavy (non-hydrogen) atoms. The molecule has 3 aromatic rings. The molecule has 1 aliphatic carbocycles. The summed E-state index contributed by atoms with van der Waals surface area (Å²) in [6, 6.07) is 13.4. The van der Waals surface area contributed by atoms with Crippen molar-refractivity contribution in [1.29, 1.82) is 0 Å². The van der Waals surface area contributed by atoms with Gasteiger partial charge in [0.05, 0.1) is 41.7 Å². The highest BCUT2D eigenvalue weighted by Crippen LogP contribution is 2.59. The van der Waals surface area contributed by atoms with Crippen LogP contribution < -0.4 is 4.90 Å². The smallest absolute Gasteiger partial charge is 0.243 e. The Morgan fingerprint density at radius 1 is 1.11 bits per heavy atom. The molecule has 1 aromatic heterocycles. The molecule has 0 bridgehead atoms. The number of aliphatic hydroxyl groups is 1. The van der Waals surface area contributed by atoms with E-state index in [0.29, 0.717) is 25.9 Å². The van der Waals surface area contributed by atoms with Crippen molar-refractivity contribution in [1.82, 2.24) is 13.9 Å². The fraction of sp³-hybridized carbons (Fsp3) is 0.407. The first-order chi connectivity index (χ1) is 17.3. The molecule has 1 amide bonds. The van der Waals surface area contributed by atoms with E-state index in [1.165, 1.54) is 11.1 Å². The summed E-state index contributed by atoms with van der Waals surface area (Å²) in [7, 11) is -1.95. The van der Waals surface area contributed by atoms with Gasteiger partial charge in [-0.1, -0.05) is 24.3 Å². The molecule has 7 rings (SSSR count). The summed E-state index contributed by atoms with van der Waals surface area (Å²) in [5, 5.41) is 11.5. The van der Waals surface area contributed by atoms with Crippen LogP contribution in [-0.4, -0.2) is 59.5 Å². The number of carbonyl (C=O) groups excluding carboxylic acids is 1. The summed E-state index contributed by atoms with van der Waals surface area (Å²) in [6.07, 6.45) is 5.63. The SMILES string of the molecule is CN1C(=O)Cc2cc(S(=O)(=O)N3CCC4(CC3)CC(C3c5ccccc5-c5cncn53)C4O)ccc21. The minimum absolute atomic E-state index is 0.0271. The molecular formula is C27H28N4O4S. The van der Waals surface area contributed by atoms with E-state index in [4.69, 9.17) is 0 Å². The average Bonchev–Trinajstić information content (AvgIpc) is 3.56. The summed E-state index contributed by atoms with van der Waals surface area (Å²) in [6.45, 7) is 0.777. The predicted molar refractivity (Wildman–Crippen MR) is 134 cm³/mol. The van der Waals surface area contributed by atoms with E-state index in [2.05, 4.69) is 21.7 Å². The molecule has 3 atom stereocenters. The summed E-state index contributed by atoms with van der Waals surface area (Å²) in [4.78, 5) is 18.2. The number of hydrogen-bond donors (Lipinski definition) is 1. The Balaban J connectivity index is 1.08. The number of piperidine rings is 1. The number of carbonyl (C=O) groups is 1. The normalized spacial score (nSPS) is 26.6. The zero-order valence-electron chi connectivity index (χ0n) is 20.0. The monoisotopic (exact) mass is 504 g/mol. The maximum absolute atomic E-state index is 13.4. The van der Waals surface area contributed by atoms with Gasteiger partial charge in [-0.15, -0.1) is 0 Å². The van der Waals surface area contributed by atoms with Gasteiger partial charge in [0.2, 0.25) is 15.9 Å². The number of nitrogens with zero attached hydrogens (tertiary/aromatic N) is 4. The van der Waals surface area contributed by atoms with E-state index < -0.39 is 16.1 Å². The number of amides is 1. The van der Waals surface area contributed by atoms with Gasteiger partial charge in [0, 0.05) is 37.3 Å². The first kappa shape index (κ1) is 22.2. The van der Waals surface area contributed by atoms with Crippen LogP contribution in [0.2, 0.25) is 0 Å². The quantitative estimate of drug-likeness (QED) is 0.592. The van der Waals surface area contributed by atoms with Crippen molar-refractivity contribution >= 4 is 21.6 Å². The van der Waals surface area contributed by atoms with E-state index in [9.17, 15) is 18.3 Å². The number of rotatable bonds is 3. The molecule has 0 radical (unpaired) electrons. The van der Waals surface area contributed by atoms with Gasteiger partial charge in [0.1, 0.15) is 0 Å². The van der Waals surface area contributed by atoms with Crippen molar-refractivity contribution in [3.8, 4) is 11.3 Å². The summed E-state index contributed by atoms with van der Waals surface area (Å²) < 4.78 is 30.6. The lowest BCUT2D eigenvalue weighted by molar-refractivity contribution is -0.152. The van der Waals surface area contributed by atoms with E-state index in [1.54, 1.807) is 34.5 Å². The molecule has 2 aromatic carbocycles. The molecule has 3 aliphatic heterocycles. The molecule has 9 heteroatoms. The van der Waals surface area contributed by atoms with Crippen molar-refractivity contribution in [2.75, 3.05) is 25.0 Å². The van der Waals surface area contributed by atoms with Crippen molar-refractivity contribution in [2.45, 2.75) is 42.7 Å². The third-order valence-electron chi connectivity index (χ3n) is 9.09. The van der Waals surface area contributed by atoms with E-state index in [1.807, 2.05) is 24.7 Å². The molecule has 1 N–H and O–H groups in total. The van der Waals surface area contributed by atoms with Gasteiger partial charge in [0.15, 0.2) is 0 Å². The Labute approximate surface area is 210 Å². The highest BCUT2D eigenvalue weighted by molar-refractivity contribution is 7.89. The topological polar surface area (TPSA) is 95.7 Å². The molecule has 1 spiro atoms. The second-order valence-corrected chi connectivity index (χ2v) is 12.7. The van der Waals surface area contributed by atoms with Gasteiger partial charge < -0.3 is 14.6 Å². The lowest BCUT2D eigenvalue weighted by Crippen LogP contribution is -2.59. The van der Waals surface area contributed by atoms with Gasteiger partial charge in [-0.2, -0.15) is 4.31 Å². The molecule has 8 nitrogen and oxygen atoms in total. The molecule has 4 aliphatic rings. The average molecular weight is 505 g/mol. The Kier molecular flexibility index (Phi) is 4.63. The first-order valence-corrected chi connectivity index (χ1v) is 13.9. The second kappa shape index (κ2) is 7.50. The van der Waals surface area contributed by atoms with E-state index in [-0.39, 0.29) is 34.6 Å². The lowest BCUT2D eigenvalue weighted by Gasteiger charge is -2.57. The Morgan fingerprint density at radius 3 is 2.67 bits per heavy atom. The zero-order valence-corrected chi connectivity index (χ0v) is 20.9. The number of benzene rings is 2. The van der Waals surface area contributed by atoms with Crippen LogP contribution >= 0.6 is 0 Å². The number of sulfonamides is 1. The molecule has 186 valence electrons. The van der Waals surface area contributed by atoms with Gasteiger partial charge >= 0.3 is 0 Å². The van der Waals surface area contributed by atoms with Crippen LogP contribution in [0, 0.1) is 11.3 Å². The maximum atomic E-state index is 13.4. The fourth-order valence-electron chi connectivity index (χ4n) is 7.02. The van der Waals surface area contributed by atoms with Gasteiger partial charge in [-0.3, -0.25) is 4.79 Å². The molecule has 4 heterocycles. The Bertz CT molecular complexity index is 1510. The van der Waals surface area contributed by atoms with Crippen LogP contribution in [0.4, 0.5) is 5.69 Å². The third kappa shape index (κ3) is 2.90. The highest BCUT2D eigenvalue weighted by atomic mass is 32.2. The fourth-order valence-corrected chi connectivity index (χ4v) is 8.51. The summed E-state index contributed by atoms with van der Waals surface area (Å²) >= 11 is 0. The maximum Gasteiger partial charge on any atom is 0.243 e. The van der Waals surface area contributed by atoms with E-state index in [0.717, 1.165) is 23.4 Å². The minimum Gasteiger partial charge on any atom is -0.392 e.